The van der Waals surface area contributed by atoms with Crippen molar-refractivity contribution < 1.29 is 9.53 Å². The highest BCUT2D eigenvalue weighted by molar-refractivity contribution is 5.82. The van der Waals surface area contributed by atoms with Crippen molar-refractivity contribution in [3.63, 3.8) is 0 Å². The number of nitrogens with two attached hydrogens (primary N) is 1. The van der Waals surface area contributed by atoms with Gasteiger partial charge in [0, 0.05) is 0 Å². The van der Waals surface area contributed by atoms with E-state index in [1.165, 1.54) is 26.4 Å². The molecule has 1 spiro atoms. The zero-order chi connectivity index (χ0) is 10.9. The molecule has 1 unspecified atom stereocenters. The fourth-order valence-electron chi connectivity index (χ4n) is 3.62. The fourth-order valence-corrected chi connectivity index (χ4v) is 3.62. The smallest absolute Gasteiger partial charge is 0.326 e. The quantitative estimate of drug-likeness (QED) is 0.675. The molecule has 0 aromatic heterocycles. The predicted octanol–water partition coefficient (Wildman–Crippen LogP) is 1.99. The molecule has 2 fully saturated rings. The number of hydrogen-bond acceptors (Lipinski definition) is 3. The lowest BCUT2D eigenvalue weighted by molar-refractivity contribution is -0.152. The van der Waals surface area contributed by atoms with E-state index < -0.39 is 5.54 Å². The highest BCUT2D eigenvalue weighted by Crippen LogP contribution is 2.54. The summed E-state index contributed by atoms with van der Waals surface area (Å²) < 4.78 is 4.90. The lowest BCUT2D eigenvalue weighted by atomic mass is 9.63. The van der Waals surface area contributed by atoms with Crippen molar-refractivity contribution in [2.24, 2.45) is 11.1 Å². The van der Waals surface area contributed by atoms with E-state index in [4.69, 9.17) is 10.5 Å². The van der Waals surface area contributed by atoms with Crippen molar-refractivity contribution in [1.29, 1.82) is 0 Å². The monoisotopic (exact) mass is 211 g/mol. The van der Waals surface area contributed by atoms with Gasteiger partial charge in [0.05, 0.1) is 7.11 Å². The summed E-state index contributed by atoms with van der Waals surface area (Å²) in [5.41, 5.74) is 5.71. The van der Waals surface area contributed by atoms with Gasteiger partial charge in [0.25, 0.3) is 0 Å². The SMILES string of the molecule is COC(=O)C1(N)CCCC12CCCCC2. The van der Waals surface area contributed by atoms with E-state index in [0.717, 1.165) is 32.1 Å². The number of carbonyl (C=O) groups is 1. The van der Waals surface area contributed by atoms with E-state index in [-0.39, 0.29) is 11.4 Å². The van der Waals surface area contributed by atoms with Gasteiger partial charge in [-0.1, -0.05) is 25.7 Å². The zero-order valence-corrected chi connectivity index (χ0v) is 9.55. The second kappa shape index (κ2) is 3.78. The average molecular weight is 211 g/mol. The Kier molecular flexibility index (Phi) is 2.75. The van der Waals surface area contributed by atoms with Crippen molar-refractivity contribution in [2.45, 2.75) is 56.9 Å². The molecule has 0 aromatic carbocycles. The summed E-state index contributed by atoms with van der Waals surface area (Å²) in [6, 6.07) is 0. The molecule has 2 aliphatic rings. The van der Waals surface area contributed by atoms with Gasteiger partial charge in [-0.05, 0) is 31.1 Å². The number of rotatable bonds is 1. The van der Waals surface area contributed by atoms with Crippen LogP contribution >= 0.6 is 0 Å². The predicted molar refractivity (Wildman–Crippen MR) is 58.3 cm³/mol. The van der Waals surface area contributed by atoms with Gasteiger partial charge in [-0.3, -0.25) is 4.79 Å². The number of carbonyl (C=O) groups excluding carboxylic acids is 1. The van der Waals surface area contributed by atoms with Gasteiger partial charge >= 0.3 is 5.97 Å². The van der Waals surface area contributed by atoms with Crippen molar-refractivity contribution in [1.82, 2.24) is 0 Å². The molecule has 0 aromatic rings. The first-order chi connectivity index (χ1) is 7.15. The Balaban J connectivity index is 2.26. The van der Waals surface area contributed by atoms with Gasteiger partial charge in [0.15, 0.2) is 0 Å². The molecule has 3 nitrogen and oxygen atoms in total. The molecule has 2 rings (SSSR count). The largest absolute Gasteiger partial charge is 0.468 e. The number of ether oxygens (including phenoxy) is 1. The van der Waals surface area contributed by atoms with Crippen LogP contribution in [-0.2, 0) is 9.53 Å². The van der Waals surface area contributed by atoms with Gasteiger partial charge in [-0.25, -0.2) is 0 Å². The lowest BCUT2D eigenvalue weighted by Gasteiger charge is -2.44. The summed E-state index contributed by atoms with van der Waals surface area (Å²) in [4.78, 5) is 11.9. The van der Waals surface area contributed by atoms with Crippen molar-refractivity contribution in [3.05, 3.63) is 0 Å². The van der Waals surface area contributed by atoms with Crippen LogP contribution in [0.25, 0.3) is 0 Å². The average Bonchev–Trinajstić information content (AvgIpc) is 2.58. The minimum atomic E-state index is -0.692. The fraction of sp³-hybridized carbons (Fsp3) is 0.917. The molecule has 86 valence electrons. The summed E-state index contributed by atoms with van der Waals surface area (Å²) >= 11 is 0. The first-order valence-corrected chi connectivity index (χ1v) is 6.02. The van der Waals surface area contributed by atoms with Crippen molar-refractivity contribution >= 4 is 5.97 Å². The normalized spacial score (nSPS) is 34.3. The van der Waals surface area contributed by atoms with Gasteiger partial charge in [-0.2, -0.15) is 0 Å². The Morgan fingerprint density at radius 2 is 1.67 bits per heavy atom. The van der Waals surface area contributed by atoms with E-state index in [9.17, 15) is 4.79 Å². The van der Waals surface area contributed by atoms with Gasteiger partial charge in [0.1, 0.15) is 5.54 Å². The number of esters is 1. The maximum Gasteiger partial charge on any atom is 0.326 e. The summed E-state index contributed by atoms with van der Waals surface area (Å²) in [6.45, 7) is 0. The Labute approximate surface area is 91.4 Å². The van der Waals surface area contributed by atoms with Crippen LogP contribution in [-0.4, -0.2) is 18.6 Å². The molecule has 0 amide bonds. The Morgan fingerprint density at radius 1 is 1.07 bits per heavy atom. The summed E-state index contributed by atoms with van der Waals surface area (Å²) in [5.74, 6) is -0.193. The first kappa shape index (κ1) is 10.9. The maximum absolute atomic E-state index is 11.9. The summed E-state index contributed by atoms with van der Waals surface area (Å²) in [5, 5.41) is 0. The zero-order valence-electron chi connectivity index (χ0n) is 9.55. The second-order valence-corrected chi connectivity index (χ2v) is 5.16. The maximum atomic E-state index is 11.9. The molecule has 0 radical (unpaired) electrons. The molecule has 0 heterocycles. The van der Waals surface area contributed by atoms with Crippen LogP contribution in [0, 0.1) is 5.41 Å². The minimum absolute atomic E-state index is 0.0539. The molecule has 2 N–H and O–H groups in total. The van der Waals surface area contributed by atoms with Crippen LogP contribution in [0.3, 0.4) is 0 Å². The van der Waals surface area contributed by atoms with E-state index in [1.54, 1.807) is 0 Å². The highest BCUT2D eigenvalue weighted by atomic mass is 16.5. The highest BCUT2D eigenvalue weighted by Gasteiger charge is 2.57. The Morgan fingerprint density at radius 3 is 2.27 bits per heavy atom. The second-order valence-electron chi connectivity index (χ2n) is 5.16. The van der Waals surface area contributed by atoms with Crippen LogP contribution in [0.4, 0.5) is 0 Å². The van der Waals surface area contributed by atoms with Crippen molar-refractivity contribution in [3.8, 4) is 0 Å². The number of methoxy groups -OCH3 is 1. The molecule has 0 saturated heterocycles. The van der Waals surface area contributed by atoms with Crippen molar-refractivity contribution in [2.75, 3.05) is 7.11 Å². The van der Waals surface area contributed by atoms with Crippen LogP contribution in [0.5, 0.6) is 0 Å². The molecule has 2 aliphatic carbocycles. The van der Waals surface area contributed by atoms with Crippen LogP contribution in [0.2, 0.25) is 0 Å². The minimum Gasteiger partial charge on any atom is -0.468 e. The standard InChI is InChI=1S/C12H21NO2/c1-15-10(14)12(13)9-5-8-11(12)6-3-2-4-7-11/h2-9,13H2,1H3. The molecule has 0 bridgehead atoms. The molecule has 3 heteroatoms. The third-order valence-corrected chi connectivity index (χ3v) is 4.53. The van der Waals surface area contributed by atoms with Crippen LogP contribution in [0.15, 0.2) is 0 Å². The first-order valence-electron chi connectivity index (χ1n) is 6.02. The molecule has 2 saturated carbocycles. The Bertz CT molecular complexity index is 258. The molecule has 1 atom stereocenters. The topological polar surface area (TPSA) is 52.3 Å². The van der Waals surface area contributed by atoms with Crippen LogP contribution in [0.1, 0.15) is 51.4 Å². The van der Waals surface area contributed by atoms with Gasteiger partial charge < -0.3 is 10.5 Å². The van der Waals surface area contributed by atoms with Gasteiger partial charge in [-0.15, -0.1) is 0 Å². The number of hydrogen-bond donors (Lipinski definition) is 1. The molecular weight excluding hydrogens is 190 g/mol. The Hall–Kier alpha value is -0.570. The van der Waals surface area contributed by atoms with E-state index in [2.05, 4.69) is 0 Å². The molecule has 0 aliphatic heterocycles. The molecular formula is C12H21NO2. The van der Waals surface area contributed by atoms with E-state index in [1.807, 2.05) is 0 Å². The van der Waals surface area contributed by atoms with E-state index in [0.29, 0.717) is 0 Å². The summed E-state index contributed by atoms with van der Waals surface area (Å²) in [7, 11) is 1.45. The van der Waals surface area contributed by atoms with E-state index >= 15 is 0 Å². The third kappa shape index (κ3) is 1.48. The van der Waals surface area contributed by atoms with Crippen LogP contribution < -0.4 is 5.73 Å². The lowest BCUT2D eigenvalue weighted by Crippen LogP contribution is -2.58. The van der Waals surface area contributed by atoms with Gasteiger partial charge in [0.2, 0.25) is 0 Å². The summed E-state index contributed by atoms with van der Waals surface area (Å²) in [6.07, 6.45) is 8.94. The third-order valence-electron chi connectivity index (χ3n) is 4.53. The molecule has 15 heavy (non-hydrogen) atoms.